The molecule has 0 saturated carbocycles. The smallest absolute Gasteiger partial charge is 0.258 e. The van der Waals surface area contributed by atoms with Crippen molar-refractivity contribution in [3.05, 3.63) is 100 Å². The van der Waals surface area contributed by atoms with Crippen LogP contribution < -0.4 is 0 Å². The molecule has 0 heterocycles. The molecule has 4 aromatic carbocycles. The van der Waals surface area contributed by atoms with E-state index in [4.69, 9.17) is 0 Å². The fraction of sp³-hybridized carbons (Fsp3) is 0.120. The molecule has 136 valence electrons. The number of hydrogen-bond acceptors (Lipinski definition) is 2. The zero-order valence-electron chi connectivity index (χ0n) is 15.8. The van der Waals surface area contributed by atoms with Crippen LogP contribution in [0.3, 0.4) is 0 Å². The van der Waals surface area contributed by atoms with Crippen LogP contribution in [0.15, 0.2) is 78.9 Å². The summed E-state index contributed by atoms with van der Waals surface area (Å²) in [4.78, 5) is 11.2. The van der Waals surface area contributed by atoms with Crippen molar-refractivity contribution in [2.24, 2.45) is 0 Å². The molecule has 3 nitrogen and oxygen atoms in total. The molecule has 1 aliphatic carbocycles. The first kappa shape index (κ1) is 16.7. The molecule has 3 heteroatoms. The summed E-state index contributed by atoms with van der Waals surface area (Å²) in [6, 6.07) is 26.0. The molecule has 4 aromatic rings. The minimum Gasteiger partial charge on any atom is -0.258 e. The van der Waals surface area contributed by atoms with E-state index < -0.39 is 0 Å². The summed E-state index contributed by atoms with van der Waals surface area (Å²) in [5.41, 5.74) is 6.54. The largest absolute Gasteiger partial charge is 0.277 e. The molecule has 0 unspecified atom stereocenters. The second kappa shape index (κ2) is 5.77. The van der Waals surface area contributed by atoms with E-state index in [1.54, 1.807) is 12.1 Å². The van der Waals surface area contributed by atoms with Crippen molar-refractivity contribution in [1.29, 1.82) is 0 Å². The maximum absolute atomic E-state index is 11.5. The van der Waals surface area contributed by atoms with Gasteiger partial charge in [0.1, 0.15) is 0 Å². The second-order valence-electron chi connectivity index (χ2n) is 7.87. The molecule has 0 bridgehead atoms. The number of hydrogen-bond donors (Lipinski definition) is 0. The highest BCUT2D eigenvalue weighted by Crippen LogP contribution is 2.52. The Morgan fingerprint density at radius 2 is 1.54 bits per heavy atom. The molecule has 0 aromatic heterocycles. The summed E-state index contributed by atoms with van der Waals surface area (Å²) < 4.78 is 0. The van der Waals surface area contributed by atoms with Gasteiger partial charge in [-0.2, -0.15) is 0 Å². The quantitative estimate of drug-likeness (QED) is 0.292. The predicted octanol–water partition coefficient (Wildman–Crippen LogP) is 6.72. The van der Waals surface area contributed by atoms with Gasteiger partial charge in [0.05, 0.1) is 10.5 Å². The molecular weight excluding hydrogens is 346 g/mol. The van der Waals surface area contributed by atoms with E-state index in [2.05, 4.69) is 62.4 Å². The third-order valence-electron chi connectivity index (χ3n) is 5.95. The standard InChI is InChI=1S/C25H19NO2/c1-25(2)22-14-12-17(18-8-5-6-10-23(18)26(27)28)15-21(22)20-13-11-16-7-3-4-9-19(16)24(20)25/h3-15H,1-2H3. The summed E-state index contributed by atoms with van der Waals surface area (Å²) in [6.45, 7) is 4.52. The van der Waals surface area contributed by atoms with Gasteiger partial charge < -0.3 is 0 Å². The lowest BCUT2D eigenvalue weighted by Crippen LogP contribution is -2.15. The van der Waals surface area contributed by atoms with Crippen LogP contribution in [0.5, 0.6) is 0 Å². The number of fused-ring (bicyclic) bond motifs is 5. The van der Waals surface area contributed by atoms with Crippen LogP contribution in [0.25, 0.3) is 33.0 Å². The van der Waals surface area contributed by atoms with Gasteiger partial charge in [0.25, 0.3) is 5.69 Å². The second-order valence-corrected chi connectivity index (χ2v) is 7.87. The average Bonchev–Trinajstić information content (AvgIpc) is 2.95. The van der Waals surface area contributed by atoms with Gasteiger partial charge in [-0.1, -0.05) is 74.5 Å². The topological polar surface area (TPSA) is 43.1 Å². The minimum absolute atomic E-state index is 0.118. The predicted molar refractivity (Wildman–Crippen MR) is 114 cm³/mol. The van der Waals surface area contributed by atoms with E-state index in [1.165, 1.54) is 33.0 Å². The van der Waals surface area contributed by atoms with Crippen LogP contribution in [0.1, 0.15) is 25.0 Å². The molecular formula is C25H19NO2. The normalized spacial score (nSPS) is 13.9. The highest BCUT2D eigenvalue weighted by molar-refractivity contribution is 5.98. The van der Waals surface area contributed by atoms with Crippen LogP contribution in [-0.2, 0) is 5.41 Å². The first-order valence-electron chi connectivity index (χ1n) is 9.39. The van der Waals surface area contributed by atoms with Gasteiger partial charge in [0.15, 0.2) is 0 Å². The Labute approximate surface area is 163 Å². The molecule has 0 N–H and O–H groups in total. The Morgan fingerprint density at radius 1 is 0.786 bits per heavy atom. The zero-order chi connectivity index (χ0) is 19.5. The molecule has 0 spiro atoms. The van der Waals surface area contributed by atoms with Crippen molar-refractivity contribution in [1.82, 2.24) is 0 Å². The maximum atomic E-state index is 11.5. The Kier molecular flexibility index (Phi) is 3.44. The van der Waals surface area contributed by atoms with E-state index in [9.17, 15) is 10.1 Å². The number of nitro groups is 1. The zero-order valence-corrected chi connectivity index (χ0v) is 15.8. The van der Waals surface area contributed by atoms with Crippen LogP contribution in [0, 0.1) is 10.1 Å². The fourth-order valence-electron chi connectivity index (χ4n) is 4.66. The van der Waals surface area contributed by atoms with Gasteiger partial charge in [-0.05, 0) is 50.7 Å². The van der Waals surface area contributed by atoms with Crippen LogP contribution in [0.4, 0.5) is 5.69 Å². The van der Waals surface area contributed by atoms with E-state index in [0.717, 1.165) is 5.56 Å². The van der Waals surface area contributed by atoms with Crippen LogP contribution in [-0.4, -0.2) is 4.92 Å². The Morgan fingerprint density at radius 3 is 2.36 bits per heavy atom. The molecule has 0 aliphatic heterocycles. The number of para-hydroxylation sites is 1. The van der Waals surface area contributed by atoms with Crippen molar-refractivity contribution in [2.75, 3.05) is 0 Å². The summed E-state index contributed by atoms with van der Waals surface area (Å²) in [6.07, 6.45) is 0. The molecule has 0 saturated heterocycles. The van der Waals surface area contributed by atoms with Gasteiger partial charge in [-0.25, -0.2) is 0 Å². The highest BCUT2D eigenvalue weighted by Gasteiger charge is 2.37. The van der Waals surface area contributed by atoms with Gasteiger partial charge in [-0.15, -0.1) is 0 Å². The van der Waals surface area contributed by atoms with Gasteiger partial charge >= 0.3 is 0 Å². The fourth-order valence-corrected chi connectivity index (χ4v) is 4.66. The Balaban J connectivity index is 1.79. The highest BCUT2D eigenvalue weighted by atomic mass is 16.6. The first-order chi connectivity index (χ1) is 13.5. The van der Waals surface area contributed by atoms with E-state index in [-0.39, 0.29) is 16.0 Å². The molecule has 1 aliphatic rings. The van der Waals surface area contributed by atoms with E-state index in [0.29, 0.717) is 5.56 Å². The van der Waals surface area contributed by atoms with E-state index in [1.807, 2.05) is 18.2 Å². The van der Waals surface area contributed by atoms with Gasteiger partial charge in [0.2, 0.25) is 0 Å². The number of rotatable bonds is 2. The summed E-state index contributed by atoms with van der Waals surface area (Å²) >= 11 is 0. The van der Waals surface area contributed by atoms with Crippen LogP contribution in [0.2, 0.25) is 0 Å². The van der Waals surface area contributed by atoms with E-state index >= 15 is 0 Å². The van der Waals surface area contributed by atoms with Crippen molar-refractivity contribution in [3.8, 4) is 22.3 Å². The third kappa shape index (κ3) is 2.23. The molecule has 0 fully saturated rings. The Hall–Kier alpha value is -3.46. The minimum atomic E-state index is -0.312. The van der Waals surface area contributed by atoms with Gasteiger partial charge in [0, 0.05) is 11.5 Å². The Bertz CT molecular complexity index is 1270. The van der Waals surface area contributed by atoms with Crippen molar-refractivity contribution in [2.45, 2.75) is 19.3 Å². The first-order valence-corrected chi connectivity index (χ1v) is 9.39. The average molecular weight is 365 g/mol. The SMILES string of the molecule is CC1(C)c2ccc(-c3ccccc3[N+](=O)[O-])cc2-c2ccc3ccccc3c21. The molecule has 0 radical (unpaired) electrons. The molecule has 0 atom stereocenters. The van der Waals surface area contributed by atoms with Crippen molar-refractivity contribution >= 4 is 16.5 Å². The van der Waals surface area contributed by atoms with Crippen molar-refractivity contribution in [3.63, 3.8) is 0 Å². The monoisotopic (exact) mass is 365 g/mol. The number of nitrogens with zero attached hydrogens (tertiary/aromatic N) is 1. The molecule has 0 amide bonds. The third-order valence-corrected chi connectivity index (χ3v) is 5.95. The van der Waals surface area contributed by atoms with Gasteiger partial charge in [-0.3, -0.25) is 10.1 Å². The van der Waals surface area contributed by atoms with Crippen molar-refractivity contribution < 1.29 is 4.92 Å². The lowest BCUT2D eigenvalue weighted by molar-refractivity contribution is -0.384. The van der Waals surface area contributed by atoms with Crippen LogP contribution >= 0.6 is 0 Å². The number of benzene rings is 4. The summed E-state index contributed by atoms with van der Waals surface area (Å²) in [5.74, 6) is 0. The molecule has 5 rings (SSSR count). The summed E-state index contributed by atoms with van der Waals surface area (Å²) in [7, 11) is 0. The lowest BCUT2D eigenvalue weighted by atomic mass is 9.80. The maximum Gasteiger partial charge on any atom is 0.277 e. The summed E-state index contributed by atoms with van der Waals surface area (Å²) in [5, 5.41) is 14.0. The lowest BCUT2D eigenvalue weighted by Gasteiger charge is -2.23. The number of nitro benzene ring substituents is 1. The molecule has 28 heavy (non-hydrogen) atoms.